The quantitative estimate of drug-likeness (QED) is 0.722. The molecule has 0 fully saturated rings. The average molecular weight is 434 g/mol. The van der Waals surface area contributed by atoms with E-state index in [-0.39, 0.29) is 5.41 Å². The molecular formula is C14H17BrIN3. The maximum absolute atomic E-state index is 6.17. The zero-order valence-electron chi connectivity index (χ0n) is 11.2. The Morgan fingerprint density at radius 2 is 2.05 bits per heavy atom. The van der Waals surface area contributed by atoms with E-state index in [4.69, 9.17) is 5.73 Å². The highest BCUT2D eigenvalue weighted by molar-refractivity contribution is 14.1. The van der Waals surface area contributed by atoms with Crippen LogP contribution < -0.4 is 5.73 Å². The molecule has 0 atom stereocenters. The van der Waals surface area contributed by atoms with Gasteiger partial charge in [-0.25, -0.2) is 4.68 Å². The monoisotopic (exact) mass is 433 g/mol. The van der Waals surface area contributed by atoms with Gasteiger partial charge < -0.3 is 5.73 Å². The number of hydrogen-bond acceptors (Lipinski definition) is 2. The highest BCUT2D eigenvalue weighted by Gasteiger charge is 2.24. The van der Waals surface area contributed by atoms with E-state index in [1.807, 2.05) is 16.8 Å². The minimum absolute atomic E-state index is 0.00711. The van der Waals surface area contributed by atoms with E-state index in [0.29, 0.717) is 6.54 Å². The summed E-state index contributed by atoms with van der Waals surface area (Å²) in [6, 6.07) is 8.20. The molecule has 0 aliphatic rings. The Balaban J connectivity index is 2.37. The van der Waals surface area contributed by atoms with E-state index < -0.39 is 0 Å². The van der Waals surface area contributed by atoms with Crippen molar-refractivity contribution in [2.75, 3.05) is 5.73 Å². The Bertz CT molecular complexity index is 599. The van der Waals surface area contributed by atoms with Gasteiger partial charge in [-0.15, -0.1) is 0 Å². The maximum Gasteiger partial charge on any atom is 0.135 e. The fourth-order valence-corrected chi connectivity index (χ4v) is 3.50. The van der Waals surface area contributed by atoms with Crippen molar-refractivity contribution in [1.29, 1.82) is 0 Å². The van der Waals surface area contributed by atoms with Crippen LogP contribution in [0.5, 0.6) is 0 Å². The predicted molar refractivity (Wildman–Crippen MR) is 91.3 cm³/mol. The summed E-state index contributed by atoms with van der Waals surface area (Å²) in [6.07, 6.45) is 0. The molecule has 2 aromatic rings. The topological polar surface area (TPSA) is 43.8 Å². The second-order valence-electron chi connectivity index (χ2n) is 5.59. The van der Waals surface area contributed by atoms with Crippen LogP contribution in [0.2, 0.25) is 0 Å². The molecule has 102 valence electrons. The number of nitrogens with zero attached hydrogens (tertiary/aromatic N) is 2. The van der Waals surface area contributed by atoms with Crippen LogP contribution in [-0.4, -0.2) is 9.78 Å². The minimum atomic E-state index is 0.00711. The van der Waals surface area contributed by atoms with Crippen molar-refractivity contribution in [2.45, 2.75) is 32.7 Å². The molecule has 1 heterocycles. The second kappa shape index (κ2) is 5.44. The third-order valence-corrected chi connectivity index (χ3v) is 4.42. The molecule has 1 aromatic heterocycles. The molecule has 0 bridgehead atoms. The Labute approximate surface area is 135 Å². The predicted octanol–water partition coefficient (Wildman–Crippen LogP) is 4.18. The molecule has 0 aliphatic heterocycles. The second-order valence-corrected chi connectivity index (χ2v) is 7.58. The van der Waals surface area contributed by atoms with Crippen LogP contribution in [0.15, 0.2) is 28.7 Å². The fraction of sp³-hybridized carbons (Fsp3) is 0.357. The van der Waals surface area contributed by atoms with Gasteiger partial charge in [0.15, 0.2) is 0 Å². The molecule has 3 nitrogen and oxygen atoms in total. The average Bonchev–Trinajstić information content (AvgIpc) is 2.57. The molecule has 0 aliphatic carbocycles. The number of aromatic nitrogens is 2. The van der Waals surface area contributed by atoms with Crippen molar-refractivity contribution < 1.29 is 0 Å². The maximum atomic E-state index is 6.17. The zero-order chi connectivity index (χ0) is 14.2. The lowest BCUT2D eigenvalue weighted by Gasteiger charge is -2.15. The van der Waals surface area contributed by atoms with Gasteiger partial charge in [0.25, 0.3) is 0 Å². The smallest absolute Gasteiger partial charge is 0.135 e. The number of rotatable bonds is 2. The van der Waals surface area contributed by atoms with E-state index in [0.717, 1.165) is 19.6 Å². The Morgan fingerprint density at radius 3 is 2.58 bits per heavy atom. The third-order valence-electron chi connectivity index (χ3n) is 2.86. The first-order chi connectivity index (χ1) is 8.79. The van der Waals surface area contributed by atoms with Gasteiger partial charge in [0.2, 0.25) is 0 Å². The van der Waals surface area contributed by atoms with Crippen LogP contribution in [0.3, 0.4) is 0 Å². The summed E-state index contributed by atoms with van der Waals surface area (Å²) < 4.78 is 4.01. The van der Waals surface area contributed by atoms with Crippen molar-refractivity contribution in [1.82, 2.24) is 9.78 Å². The zero-order valence-corrected chi connectivity index (χ0v) is 15.0. The summed E-state index contributed by atoms with van der Waals surface area (Å²) in [5.74, 6) is 0.741. The number of nitrogens with two attached hydrogens (primary N) is 1. The van der Waals surface area contributed by atoms with Gasteiger partial charge in [-0.1, -0.05) is 48.8 Å². The van der Waals surface area contributed by atoms with Gasteiger partial charge in [0.05, 0.1) is 15.8 Å². The van der Waals surface area contributed by atoms with Crippen LogP contribution in [0.4, 0.5) is 5.82 Å². The van der Waals surface area contributed by atoms with E-state index in [2.05, 4.69) is 76.5 Å². The first-order valence-electron chi connectivity index (χ1n) is 6.06. The molecule has 1 aromatic carbocycles. The SMILES string of the molecule is CC(C)(C)c1nn(Cc2cccc(Br)c2)c(N)c1I. The molecule has 0 spiro atoms. The summed E-state index contributed by atoms with van der Waals surface area (Å²) in [7, 11) is 0. The van der Waals surface area contributed by atoms with Crippen LogP contribution in [0, 0.1) is 3.57 Å². The van der Waals surface area contributed by atoms with E-state index >= 15 is 0 Å². The molecule has 2 N–H and O–H groups in total. The highest BCUT2D eigenvalue weighted by Crippen LogP contribution is 2.30. The van der Waals surface area contributed by atoms with Gasteiger partial charge in [-0.05, 0) is 40.3 Å². The van der Waals surface area contributed by atoms with Gasteiger partial charge >= 0.3 is 0 Å². The first kappa shape index (κ1) is 14.8. The van der Waals surface area contributed by atoms with Crippen LogP contribution in [0.1, 0.15) is 32.0 Å². The molecule has 19 heavy (non-hydrogen) atoms. The van der Waals surface area contributed by atoms with Gasteiger partial charge in [0, 0.05) is 9.89 Å². The summed E-state index contributed by atoms with van der Waals surface area (Å²) in [4.78, 5) is 0. The number of hydrogen-bond donors (Lipinski definition) is 1. The summed E-state index contributed by atoms with van der Waals surface area (Å²) in [6.45, 7) is 7.15. The molecular weight excluding hydrogens is 417 g/mol. The van der Waals surface area contributed by atoms with Crippen molar-refractivity contribution in [3.63, 3.8) is 0 Å². The van der Waals surface area contributed by atoms with Crippen molar-refractivity contribution >= 4 is 44.3 Å². The minimum Gasteiger partial charge on any atom is -0.383 e. The number of halogens is 2. The molecule has 0 saturated heterocycles. The highest BCUT2D eigenvalue weighted by atomic mass is 127. The Kier molecular flexibility index (Phi) is 4.25. The lowest BCUT2D eigenvalue weighted by Crippen LogP contribution is -2.14. The normalized spacial score (nSPS) is 11.8. The molecule has 0 amide bonds. The summed E-state index contributed by atoms with van der Waals surface area (Å²) >= 11 is 5.77. The van der Waals surface area contributed by atoms with E-state index in [1.54, 1.807) is 0 Å². The summed E-state index contributed by atoms with van der Waals surface area (Å²) in [5.41, 5.74) is 8.41. The standard InChI is InChI=1S/C14H17BrIN3/c1-14(2,3)12-11(16)13(17)19(18-12)8-9-5-4-6-10(15)7-9/h4-7H,8,17H2,1-3H3. The van der Waals surface area contributed by atoms with Crippen molar-refractivity contribution in [3.05, 3.63) is 43.6 Å². The van der Waals surface area contributed by atoms with E-state index in [9.17, 15) is 0 Å². The van der Waals surface area contributed by atoms with Crippen LogP contribution >= 0.6 is 38.5 Å². The largest absolute Gasteiger partial charge is 0.383 e. The van der Waals surface area contributed by atoms with Crippen LogP contribution in [-0.2, 0) is 12.0 Å². The molecule has 0 radical (unpaired) electrons. The van der Waals surface area contributed by atoms with Crippen molar-refractivity contribution in [3.8, 4) is 0 Å². The van der Waals surface area contributed by atoms with Gasteiger partial charge in [0.1, 0.15) is 5.82 Å². The number of nitrogen functional groups attached to an aromatic ring is 1. The number of anilines is 1. The number of benzene rings is 1. The lowest BCUT2D eigenvalue weighted by atomic mass is 9.92. The Morgan fingerprint density at radius 1 is 1.37 bits per heavy atom. The van der Waals surface area contributed by atoms with Crippen LogP contribution in [0.25, 0.3) is 0 Å². The molecule has 2 rings (SSSR count). The van der Waals surface area contributed by atoms with Crippen molar-refractivity contribution in [2.24, 2.45) is 0 Å². The van der Waals surface area contributed by atoms with E-state index in [1.165, 1.54) is 5.56 Å². The third kappa shape index (κ3) is 3.31. The summed E-state index contributed by atoms with van der Waals surface area (Å²) in [5, 5.41) is 4.67. The molecule has 0 unspecified atom stereocenters. The first-order valence-corrected chi connectivity index (χ1v) is 7.93. The van der Waals surface area contributed by atoms with Gasteiger partial charge in [-0.2, -0.15) is 5.10 Å². The fourth-order valence-electron chi connectivity index (χ4n) is 1.86. The molecule has 5 heteroatoms. The van der Waals surface area contributed by atoms with Gasteiger partial charge in [-0.3, -0.25) is 0 Å². The molecule has 0 saturated carbocycles. The Hall–Kier alpha value is -0.560. The lowest BCUT2D eigenvalue weighted by molar-refractivity contribution is 0.544.